The van der Waals surface area contributed by atoms with Crippen LogP contribution in [0.2, 0.25) is 0 Å². The zero-order valence-electron chi connectivity index (χ0n) is 13.0. The van der Waals surface area contributed by atoms with Gasteiger partial charge >= 0.3 is 5.97 Å². The van der Waals surface area contributed by atoms with E-state index in [0.29, 0.717) is 22.8 Å². The van der Waals surface area contributed by atoms with E-state index in [1.165, 1.54) is 33.3 Å². The van der Waals surface area contributed by atoms with Gasteiger partial charge < -0.3 is 24.2 Å². The lowest BCUT2D eigenvalue weighted by molar-refractivity contribution is -0.145. The fraction of sp³-hybridized carbons (Fsp3) is 0.467. The molecule has 22 heavy (non-hydrogen) atoms. The molecule has 1 fully saturated rings. The summed E-state index contributed by atoms with van der Waals surface area (Å²) in [5.74, 6) is -0.422. The van der Waals surface area contributed by atoms with Crippen LogP contribution in [0.4, 0.5) is 0 Å². The molecule has 0 radical (unpaired) electrons. The van der Waals surface area contributed by atoms with Gasteiger partial charge in [-0.15, -0.1) is 0 Å². The molecule has 1 aliphatic rings. The minimum absolute atomic E-state index is 0.0898. The van der Waals surface area contributed by atoms with Gasteiger partial charge in [0.15, 0.2) is 0 Å². The van der Waals surface area contributed by atoms with Gasteiger partial charge in [0.1, 0.15) is 23.3 Å². The zero-order valence-corrected chi connectivity index (χ0v) is 13.0. The topological polar surface area (TPSA) is 85.3 Å². The number of carbonyl (C=O) groups is 2. The Balaban J connectivity index is 2.59. The Morgan fingerprint density at radius 1 is 1.18 bits per heavy atom. The van der Waals surface area contributed by atoms with E-state index in [-0.39, 0.29) is 12.3 Å². The summed E-state index contributed by atoms with van der Waals surface area (Å²) in [5.41, 5.74) is 0.566. The van der Waals surface area contributed by atoms with E-state index < -0.39 is 17.9 Å². The molecule has 0 bridgehead atoms. The second-order valence-corrected chi connectivity index (χ2v) is 5.04. The smallest absolute Gasteiger partial charge is 0.327 e. The number of aliphatic carboxylic acids is 1. The van der Waals surface area contributed by atoms with Gasteiger partial charge in [-0.25, -0.2) is 4.79 Å². The van der Waals surface area contributed by atoms with Crippen molar-refractivity contribution in [2.24, 2.45) is 0 Å². The molecule has 1 saturated heterocycles. The Labute approximate surface area is 128 Å². The molecule has 0 spiro atoms. The fourth-order valence-corrected chi connectivity index (χ4v) is 2.86. The van der Waals surface area contributed by atoms with Gasteiger partial charge in [0.2, 0.25) is 5.91 Å². The van der Waals surface area contributed by atoms with E-state index in [9.17, 15) is 14.7 Å². The van der Waals surface area contributed by atoms with E-state index in [1.807, 2.05) is 0 Å². The summed E-state index contributed by atoms with van der Waals surface area (Å²) in [4.78, 5) is 24.8. The Morgan fingerprint density at radius 2 is 1.73 bits per heavy atom. The predicted octanol–water partition coefficient (Wildman–Crippen LogP) is 1.11. The molecule has 120 valence electrons. The normalized spacial score (nSPS) is 20.9. The molecular weight excluding hydrogens is 290 g/mol. The Bertz CT molecular complexity index is 575. The van der Waals surface area contributed by atoms with Crippen molar-refractivity contribution in [2.45, 2.75) is 18.4 Å². The van der Waals surface area contributed by atoms with Gasteiger partial charge in [-0.2, -0.15) is 0 Å². The first kappa shape index (κ1) is 15.9. The molecule has 1 N–H and O–H groups in total. The third-order valence-corrected chi connectivity index (χ3v) is 3.96. The van der Waals surface area contributed by atoms with Crippen molar-refractivity contribution in [2.75, 3.05) is 28.4 Å². The van der Waals surface area contributed by atoms with Gasteiger partial charge in [0, 0.05) is 37.1 Å². The van der Waals surface area contributed by atoms with Gasteiger partial charge in [-0.3, -0.25) is 4.79 Å². The van der Waals surface area contributed by atoms with Crippen LogP contribution in [0.5, 0.6) is 17.2 Å². The molecule has 1 heterocycles. The first-order chi connectivity index (χ1) is 10.4. The SMILES string of the molecule is COc1cc(OC)c([C@@H]2CC(=O)N(C)[C@H]2C(=O)O)c(OC)c1. The minimum atomic E-state index is -1.06. The van der Waals surface area contributed by atoms with Crippen LogP contribution in [0.15, 0.2) is 12.1 Å². The van der Waals surface area contributed by atoms with Crippen LogP contribution < -0.4 is 14.2 Å². The maximum atomic E-state index is 12.0. The molecule has 0 saturated carbocycles. The number of carbonyl (C=O) groups excluding carboxylic acids is 1. The second kappa shape index (κ2) is 6.13. The number of hydrogen-bond donors (Lipinski definition) is 1. The van der Waals surface area contributed by atoms with Crippen molar-refractivity contribution in [3.63, 3.8) is 0 Å². The summed E-state index contributed by atoms with van der Waals surface area (Å²) in [6.07, 6.45) is 0.0898. The van der Waals surface area contributed by atoms with Crippen LogP contribution in [-0.4, -0.2) is 56.3 Å². The minimum Gasteiger partial charge on any atom is -0.496 e. The van der Waals surface area contributed by atoms with Gasteiger partial charge in [0.05, 0.1) is 21.3 Å². The van der Waals surface area contributed by atoms with Gasteiger partial charge in [0.25, 0.3) is 0 Å². The molecule has 1 amide bonds. The largest absolute Gasteiger partial charge is 0.496 e. The number of ether oxygens (including phenoxy) is 3. The summed E-state index contributed by atoms with van der Waals surface area (Å²) < 4.78 is 15.9. The number of carboxylic acid groups (broad SMARTS) is 1. The lowest BCUT2D eigenvalue weighted by Crippen LogP contribution is -2.38. The maximum absolute atomic E-state index is 12.0. The number of likely N-dealkylation sites (N-methyl/N-ethyl adjacent to an activating group) is 1. The molecule has 0 aliphatic carbocycles. The molecule has 1 aromatic rings. The van der Waals surface area contributed by atoms with Crippen molar-refractivity contribution < 1.29 is 28.9 Å². The molecule has 0 unspecified atom stereocenters. The summed E-state index contributed by atoms with van der Waals surface area (Å²) in [7, 11) is 5.96. The van der Waals surface area contributed by atoms with Crippen molar-refractivity contribution in [3.8, 4) is 17.2 Å². The molecule has 0 aromatic heterocycles. The Hall–Kier alpha value is -2.44. The standard InChI is InChI=1S/C15H19NO6/c1-16-12(17)7-9(14(16)15(18)19)13-10(21-3)5-8(20-2)6-11(13)22-4/h5-6,9,14H,7H2,1-4H3,(H,18,19)/t9-,14+/m0/s1. The monoisotopic (exact) mass is 309 g/mol. The molecule has 1 aromatic carbocycles. The van der Waals surface area contributed by atoms with Crippen LogP contribution in [-0.2, 0) is 9.59 Å². The maximum Gasteiger partial charge on any atom is 0.327 e. The third-order valence-electron chi connectivity index (χ3n) is 3.96. The lowest BCUT2D eigenvalue weighted by Gasteiger charge is -2.24. The first-order valence-electron chi connectivity index (χ1n) is 6.73. The van der Waals surface area contributed by atoms with Crippen molar-refractivity contribution >= 4 is 11.9 Å². The molecular formula is C15H19NO6. The molecule has 7 nitrogen and oxygen atoms in total. The van der Waals surface area contributed by atoms with E-state index in [0.717, 1.165) is 0 Å². The number of carboxylic acids is 1. The van der Waals surface area contributed by atoms with Gasteiger partial charge in [-0.1, -0.05) is 0 Å². The Kier molecular flexibility index (Phi) is 4.44. The number of nitrogens with zero attached hydrogens (tertiary/aromatic N) is 1. The average molecular weight is 309 g/mol. The first-order valence-corrected chi connectivity index (χ1v) is 6.73. The summed E-state index contributed by atoms with van der Waals surface area (Å²) in [5, 5.41) is 9.46. The highest BCUT2D eigenvalue weighted by molar-refractivity contribution is 5.90. The molecule has 2 rings (SSSR count). The Morgan fingerprint density at radius 3 is 2.14 bits per heavy atom. The summed E-state index contributed by atoms with van der Waals surface area (Å²) >= 11 is 0. The molecule has 1 aliphatic heterocycles. The van der Waals surface area contributed by atoms with E-state index >= 15 is 0 Å². The van der Waals surface area contributed by atoms with Crippen LogP contribution in [0.25, 0.3) is 0 Å². The molecule has 7 heteroatoms. The van der Waals surface area contributed by atoms with Crippen molar-refractivity contribution in [1.82, 2.24) is 4.90 Å². The number of likely N-dealkylation sites (tertiary alicyclic amines) is 1. The highest BCUT2D eigenvalue weighted by Crippen LogP contribution is 2.45. The number of rotatable bonds is 5. The summed E-state index contributed by atoms with van der Waals surface area (Å²) in [6, 6.07) is 2.35. The quantitative estimate of drug-likeness (QED) is 0.877. The highest BCUT2D eigenvalue weighted by atomic mass is 16.5. The number of hydrogen-bond acceptors (Lipinski definition) is 5. The van der Waals surface area contributed by atoms with Crippen LogP contribution in [0.1, 0.15) is 17.9 Å². The predicted molar refractivity (Wildman–Crippen MR) is 77.6 cm³/mol. The van der Waals surface area contributed by atoms with Gasteiger partial charge in [-0.05, 0) is 0 Å². The van der Waals surface area contributed by atoms with Crippen LogP contribution >= 0.6 is 0 Å². The zero-order chi connectivity index (χ0) is 16.4. The highest BCUT2D eigenvalue weighted by Gasteiger charge is 2.45. The van der Waals surface area contributed by atoms with E-state index in [4.69, 9.17) is 14.2 Å². The van der Waals surface area contributed by atoms with Crippen LogP contribution in [0.3, 0.4) is 0 Å². The second-order valence-electron chi connectivity index (χ2n) is 5.04. The van der Waals surface area contributed by atoms with Crippen molar-refractivity contribution in [3.05, 3.63) is 17.7 Å². The van der Waals surface area contributed by atoms with E-state index in [1.54, 1.807) is 12.1 Å². The number of amides is 1. The lowest BCUT2D eigenvalue weighted by atomic mass is 9.89. The van der Waals surface area contributed by atoms with E-state index in [2.05, 4.69) is 0 Å². The van der Waals surface area contributed by atoms with Crippen molar-refractivity contribution in [1.29, 1.82) is 0 Å². The van der Waals surface area contributed by atoms with Crippen LogP contribution in [0, 0.1) is 0 Å². The number of benzene rings is 1. The average Bonchev–Trinajstić information content (AvgIpc) is 2.80. The number of methoxy groups -OCH3 is 3. The molecule has 2 atom stereocenters. The third kappa shape index (κ3) is 2.54. The fourth-order valence-electron chi connectivity index (χ4n) is 2.86. The summed E-state index contributed by atoms with van der Waals surface area (Å²) in [6.45, 7) is 0.